The molecule has 0 aromatic heterocycles. The van der Waals surface area contributed by atoms with E-state index in [0.29, 0.717) is 5.92 Å². The lowest BCUT2D eigenvalue weighted by molar-refractivity contribution is 0.401. The number of benzene rings is 1. The number of nitrogens with two attached hydrogens (primary N) is 1. The van der Waals surface area contributed by atoms with E-state index < -0.39 is 0 Å². The molecule has 2 nitrogen and oxygen atoms in total. The summed E-state index contributed by atoms with van der Waals surface area (Å²) in [5.41, 5.74) is 8.27. The van der Waals surface area contributed by atoms with E-state index in [-0.39, 0.29) is 11.9 Å². The number of aryl methyl sites for hydroxylation is 1. The lowest BCUT2D eigenvalue weighted by Gasteiger charge is -2.30. The van der Waals surface area contributed by atoms with Gasteiger partial charge in [0, 0.05) is 18.5 Å². The van der Waals surface area contributed by atoms with Crippen LogP contribution >= 0.6 is 0 Å². The van der Waals surface area contributed by atoms with Crippen LogP contribution in [0, 0.1) is 12.7 Å². The van der Waals surface area contributed by atoms with Gasteiger partial charge in [-0.15, -0.1) is 0 Å². The normalized spacial score (nSPS) is 26.6. The summed E-state index contributed by atoms with van der Waals surface area (Å²) in [7, 11) is 0. The molecule has 0 bridgehead atoms. The topological polar surface area (TPSA) is 38.0 Å². The van der Waals surface area contributed by atoms with Crippen LogP contribution < -0.4 is 11.1 Å². The third kappa shape index (κ3) is 2.19. The molecule has 1 fully saturated rings. The Hall–Kier alpha value is -0.930. The van der Waals surface area contributed by atoms with Crippen molar-refractivity contribution in [2.45, 2.75) is 25.3 Å². The Morgan fingerprint density at radius 3 is 2.93 bits per heavy atom. The van der Waals surface area contributed by atoms with Gasteiger partial charge < -0.3 is 11.1 Å². The first kappa shape index (κ1) is 10.6. The van der Waals surface area contributed by atoms with Gasteiger partial charge in [0.15, 0.2) is 0 Å². The summed E-state index contributed by atoms with van der Waals surface area (Å²) in [6, 6.07) is 5.13. The van der Waals surface area contributed by atoms with Gasteiger partial charge in [-0.2, -0.15) is 0 Å². The lowest BCUT2D eigenvalue weighted by Crippen LogP contribution is -2.44. The predicted molar refractivity (Wildman–Crippen MR) is 59.3 cm³/mol. The minimum atomic E-state index is -0.168. The first-order valence-electron chi connectivity index (χ1n) is 5.41. The standard InChI is InChI=1S/C12H17FN2/c1-8-6-9(13)2-3-10(8)11-4-5-15-7-12(11)14/h2-3,6,11-12,15H,4-5,7,14H2,1H3. The third-order valence-corrected chi connectivity index (χ3v) is 3.16. The molecule has 0 aliphatic carbocycles. The van der Waals surface area contributed by atoms with Gasteiger partial charge in [-0.25, -0.2) is 4.39 Å². The van der Waals surface area contributed by atoms with E-state index in [4.69, 9.17) is 5.73 Å². The molecule has 2 unspecified atom stereocenters. The zero-order valence-electron chi connectivity index (χ0n) is 8.96. The maximum absolute atomic E-state index is 13.0. The van der Waals surface area contributed by atoms with Crippen molar-refractivity contribution in [3.05, 3.63) is 35.1 Å². The molecule has 1 aromatic rings. The number of piperidine rings is 1. The van der Waals surface area contributed by atoms with E-state index in [1.807, 2.05) is 13.0 Å². The number of nitrogens with one attached hydrogen (secondary N) is 1. The fraction of sp³-hybridized carbons (Fsp3) is 0.500. The highest BCUT2D eigenvalue weighted by Crippen LogP contribution is 2.27. The molecule has 1 aliphatic rings. The maximum Gasteiger partial charge on any atom is 0.123 e. The summed E-state index contributed by atoms with van der Waals surface area (Å²) in [5, 5.41) is 3.27. The van der Waals surface area contributed by atoms with Crippen molar-refractivity contribution in [2.75, 3.05) is 13.1 Å². The molecule has 3 N–H and O–H groups in total. The average Bonchev–Trinajstić information content (AvgIpc) is 2.20. The van der Waals surface area contributed by atoms with Gasteiger partial charge in [-0.1, -0.05) is 6.07 Å². The summed E-state index contributed by atoms with van der Waals surface area (Å²) in [6.45, 7) is 3.80. The van der Waals surface area contributed by atoms with Crippen LogP contribution in [0.5, 0.6) is 0 Å². The number of rotatable bonds is 1. The van der Waals surface area contributed by atoms with Crippen molar-refractivity contribution in [3.8, 4) is 0 Å². The van der Waals surface area contributed by atoms with E-state index in [2.05, 4.69) is 5.32 Å². The average molecular weight is 208 g/mol. The summed E-state index contributed by atoms with van der Waals surface area (Å²) in [4.78, 5) is 0. The van der Waals surface area contributed by atoms with Crippen LogP contribution in [0.15, 0.2) is 18.2 Å². The molecular formula is C12H17FN2. The first-order chi connectivity index (χ1) is 7.18. The molecular weight excluding hydrogens is 191 g/mol. The van der Waals surface area contributed by atoms with Crippen molar-refractivity contribution >= 4 is 0 Å². The molecule has 1 aliphatic heterocycles. The zero-order chi connectivity index (χ0) is 10.8. The molecule has 0 radical (unpaired) electrons. The van der Waals surface area contributed by atoms with E-state index in [1.165, 1.54) is 11.6 Å². The van der Waals surface area contributed by atoms with Gasteiger partial charge in [0.25, 0.3) is 0 Å². The van der Waals surface area contributed by atoms with Gasteiger partial charge in [-0.05, 0) is 43.1 Å². The second-order valence-corrected chi connectivity index (χ2v) is 4.26. The van der Waals surface area contributed by atoms with Crippen LogP contribution in [-0.2, 0) is 0 Å². The van der Waals surface area contributed by atoms with Gasteiger partial charge >= 0.3 is 0 Å². The SMILES string of the molecule is Cc1cc(F)ccc1C1CCNCC1N. The Morgan fingerprint density at radius 1 is 1.47 bits per heavy atom. The largest absolute Gasteiger partial charge is 0.326 e. The van der Waals surface area contributed by atoms with Crippen molar-refractivity contribution in [1.82, 2.24) is 5.32 Å². The molecule has 2 atom stereocenters. The minimum absolute atomic E-state index is 0.142. The highest BCUT2D eigenvalue weighted by molar-refractivity contribution is 5.31. The lowest BCUT2D eigenvalue weighted by atomic mass is 9.84. The molecule has 0 saturated carbocycles. The van der Waals surface area contributed by atoms with E-state index in [1.54, 1.807) is 6.07 Å². The van der Waals surface area contributed by atoms with Crippen LogP contribution in [-0.4, -0.2) is 19.1 Å². The van der Waals surface area contributed by atoms with Crippen molar-refractivity contribution in [2.24, 2.45) is 5.73 Å². The number of halogens is 1. The highest BCUT2D eigenvalue weighted by Gasteiger charge is 2.24. The Labute approximate surface area is 89.7 Å². The van der Waals surface area contributed by atoms with Crippen LogP contribution in [0.1, 0.15) is 23.5 Å². The first-order valence-corrected chi connectivity index (χ1v) is 5.41. The Balaban J connectivity index is 2.27. The second-order valence-electron chi connectivity index (χ2n) is 4.26. The Morgan fingerprint density at radius 2 is 2.27 bits per heavy atom. The molecule has 15 heavy (non-hydrogen) atoms. The van der Waals surface area contributed by atoms with Crippen molar-refractivity contribution < 1.29 is 4.39 Å². The fourth-order valence-corrected chi connectivity index (χ4v) is 2.32. The molecule has 0 amide bonds. The quantitative estimate of drug-likeness (QED) is 0.734. The van der Waals surface area contributed by atoms with Crippen molar-refractivity contribution in [3.63, 3.8) is 0 Å². The Kier molecular flexibility index (Phi) is 3.03. The molecule has 1 saturated heterocycles. The maximum atomic E-state index is 13.0. The van der Waals surface area contributed by atoms with Gasteiger partial charge in [0.1, 0.15) is 5.82 Å². The molecule has 0 spiro atoms. The Bertz CT molecular complexity index is 351. The van der Waals surface area contributed by atoms with Crippen LogP contribution in [0.2, 0.25) is 0 Å². The van der Waals surface area contributed by atoms with Crippen LogP contribution in [0.3, 0.4) is 0 Å². The minimum Gasteiger partial charge on any atom is -0.326 e. The van der Waals surface area contributed by atoms with Crippen molar-refractivity contribution in [1.29, 1.82) is 0 Å². The van der Waals surface area contributed by atoms with E-state index >= 15 is 0 Å². The van der Waals surface area contributed by atoms with E-state index in [0.717, 1.165) is 25.1 Å². The molecule has 2 rings (SSSR count). The molecule has 82 valence electrons. The third-order valence-electron chi connectivity index (χ3n) is 3.16. The molecule has 3 heteroatoms. The second kappa shape index (κ2) is 4.29. The number of hydrogen-bond donors (Lipinski definition) is 2. The van der Waals surface area contributed by atoms with Gasteiger partial charge in [0.2, 0.25) is 0 Å². The number of hydrogen-bond acceptors (Lipinski definition) is 2. The van der Waals surface area contributed by atoms with Gasteiger partial charge in [0.05, 0.1) is 0 Å². The monoisotopic (exact) mass is 208 g/mol. The zero-order valence-corrected chi connectivity index (χ0v) is 8.96. The predicted octanol–water partition coefficient (Wildman–Crippen LogP) is 1.54. The summed E-state index contributed by atoms with van der Waals surface area (Å²) < 4.78 is 13.0. The van der Waals surface area contributed by atoms with Gasteiger partial charge in [-0.3, -0.25) is 0 Å². The molecule has 1 heterocycles. The summed E-state index contributed by atoms with van der Waals surface area (Å²) in [6.07, 6.45) is 1.04. The smallest absolute Gasteiger partial charge is 0.123 e. The summed E-state index contributed by atoms with van der Waals surface area (Å²) >= 11 is 0. The van der Waals surface area contributed by atoms with E-state index in [9.17, 15) is 4.39 Å². The fourth-order valence-electron chi connectivity index (χ4n) is 2.32. The summed E-state index contributed by atoms with van der Waals surface area (Å²) in [5.74, 6) is 0.200. The molecule has 1 aromatic carbocycles. The highest BCUT2D eigenvalue weighted by atomic mass is 19.1. The van der Waals surface area contributed by atoms with Crippen LogP contribution in [0.4, 0.5) is 4.39 Å². The van der Waals surface area contributed by atoms with Crippen LogP contribution in [0.25, 0.3) is 0 Å².